The maximum absolute atomic E-state index is 9.69. The fourth-order valence-corrected chi connectivity index (χ4v) is 1.46. The molecule has 0 unspecified atom stereocenters. The normalized spacial score (nSPS) is 11.6. The van der Waals surface area contributed by atoms with E-state index < -0.39 is 10.8 Å². The molecule has 1 N–H and O–H groups in total. The van der Waals surface area contributed by atoms with Gasteiger partial charge in [0.15, 0.2) is 0 Å². The van der Waals surface area contributed by atoms with E-state index in [9.17, 15) is 5.11 Å². The zero-order chi connectivity index (χ0) is 13.3. The molecular formula is C14H16N2O. The van der Waals surface area contributed by atoms with E-state index in [-0.39, 0.29) is 5.75 Å². The molecule has 88 valence electrons. The van der Waals surface area contributed by atoms with Crippen LogP contribution in [-0.2, 0) is 10.8 Å². The van der Waals surface area contributed by atoms with Crippen LogP contribution in [0.15, 0.2) is 18.2 Å². The number of rotatable bonds is 2. The summed E-state index contributed by atoms with van der Waals surface area (Å²) in [5, 5.41) is 27.9. The van der Waals surface area contributed by atoms with Crippen molar-refractivity contribution >= 4 is 0 Å². The quantitative estimate of drug-likeness (QED) is 0.846. The summed E-state index contributed by atoms with van der Waals surface area (Å²) in [5.74, 6) is 0.0872. The van der Waals surface area contributed by atoms with Crippen LogP contribution in [0.1, 0.15) is 38.8 Å². The molecule has 0 saturated heterocycles. The van der Waals surface area contributed by atoms with Gasteiger partial charge in [-0.05, 0) is 51.0 Å². The van der Waals surface area contributed by atoms with Gasteiger partial charge in [0.25, 0.3) is 0 Å². The van der Waals surface area contributed by atoms with Gasteiger partial charge in [-0.2, -0.15) is 10.5 Å². The average Bonchev–Trinajstić information content (AvgIpc) is 2.28. The van der Waals surface area contributed by atoms with Crippen molar-refractivity contribution in [1.82, 2.24) is 0 Å². The van der Waals surface area contributed by atoms with Gasteiger partial charge in [-0.15, -0.1) is 0 Å². The molecule has 3 heteroatoms. The molecule has 1 aromatic carbocycles. The van der Waals surface area contributed by atoms with E-state index in [4.69, 9.17) is 10.5 Å². The van der Waals surface area contributed by atoms with Crippen LogP contribution in [0.3, 0.4) is 0 Å². The molecule has 1 aromatic rings. The summed E-state index contributed by atoms with van der Waals surface area (Å²) >= 11 is 0. The Morgan fingerprint density at radius 1 is 0.882 bits per heavy atom. The van der Waals surface area contributed by atoms with Crippen LogP contribution in [-0.4, -0.2) is 5.11 Å². The lowest BCUT2D eigenvalue weighted by atomic mass is 9.80. The number of nitriles is 2. The van der Waals surface area contributed by atoms with Crippen molar-refractivity contribution in [1.29, 1.82) is 10.5 Å². The summed E-state index contributed by atoms with van der Waals surface area (Å²) in [7, 11) is 0. The zero-order valence-electron chi connectivity index (χ0n) is 10.6. The summed E-state index contributed by atoms with van der Waals surface area (Å²) in [4.78, 5) is 0. The highest BCUT2D eigenvalue weighted by Crippen LogP contribution is 2.32. The maximum Gasteiger partial charge on any atom is 0.116 e. The van der Waals surface area contributed by atoms with E-state index in [0.717, 1.165) is 11.1 Å². The van der Waals surface area contributed by atoms with Crippen LogP contribution >= 0.6 is 0 Å². The number of aromatic hydroxyl groups is 1. The SMILES string of the molecule is CC(C)(C#N)c1cc(O)cc(C(C)(C)C#N)c1. The maximum atomic E-state index is 9.69. The highest BCUT2D eigenvalue weighted by Gasteiger charge is 2.26. The van der Waals surface area contributed by atoms with Crippen LogP contribution in [0.25, 0.3) is 0 Å². The van der Waals surface area contributed by atoms with Gasteiger partial charge >= 0.3 is 0 Å². The Kier molecular flexibility index (Phi) is 3.16. The lowest BCUT2D eigenvalue weighted by molar-refractivity contribution is 0.470. The van der Waals surface area contributed by atoms with Gasteiger partial charge in [-0.1, -0.05) is 6.07 Å². The Labute approximate surface area is 102 Å². The number of benzene rings is 1. The zero-order valence-corrected chi connectivity index (χ0v) is 10.6. The highest BCUT2D eigenvalue weighted by atomic mass is 16.3. The standard InChI is InChI=1S/C14H16N2O/c1-13(2,8-15)10-5-11(7-12(17)6-10)14(3,4)9-16/h5-7,17H,1-4H3. The second-order valence-corrected chi connectivity index (χ2v) is 5.24. The Morgan fingerprint density at radius 2 is 1.24 bits per heavy atom. The fraction of sp³-hybridized carbons (Fsp3) is 0.429. The number of phenolic OH excluding ortho intramolecular Hbond substituents is 1. The largest absolute Gasteiger partial charge is 0.508 e. The van der Waals surface area contributed by atoms with Crippen molar-refractivity contribution in [3.8, 4) is 17.9 Å². The Balaban J connectivity index is 3.42. The summed E-state index contributed by atoms with van der Waals surface area (Å²) in [6.45, 7) is 7.13. The Bertz CT molecular complexity index is 472. The molecule has 0 aliphatic rings. The van der Waals surface area contributed by atoms with E-state index in [1.54, 1.807) is 39.8 Å². The molecule has 3 nitrogen and oxygen atoms in total. The molecule has 0 aliphatic heterocycles. The summed E-state index contributed by atoms with van der Waals surface area (Å²) in [6, 6.07) is 9.33. The smallest absolute Gasteiger partial charge is 0.116 e. The number of nitrogens with zero attached hydrogens (tertiary/aromatic N) is 2. The van der Waals surface area contributed by atoms with Crippen LogP contribution in [0.2, 0.25) is 0 Å². The van der Waals surface area contributed by atoms with E-state index >= 15 is 0 Å². The summed E-state index contributed by atoms with van der Waals surface area (Å²) in [6.07, 6.45) is 0. The second kappa shape index (κ2) is 4.11. The molecule has 0 atom stereocenters. The summed E-state index contributed by atoms with van der Waals surface area (Å²) < 4.78 is 0. The lowest BCUT2D eigenvalue weighted by Crippen LogP contribution is -2.18. The first-order valence-electron chi connectivity index (χ1n) is 5.40. The second-order valence-electron chi connectivity index (χ2n) is 5.24. The van der Waals surface area contributed by atoms with Crippen molar-refractivity contribution in [2.24, 2.45) is 0 Å². The number of hydrogen-bond donors (Lipinski definition) is 1. The van der Waals surface area contributed by atoms with Crippen molar-refractivity contribution in [2.75, 3.05) is 0 Å². The van der Waals surface area contributed by atoms with Gasteiger partial charge in [0.2, 0.25) is 0 Å². The highest BCUT2D eigenvalue weighted by molar-refractivity contribution is 5.44. The molecule has 0 aliphatic carbocycles. The molecule has 0 amide bonds. The van der Waals surface area contributed by atoms with Crippen molar-refractivity contribution in [3.63, 3.8) is 0 Å². The van der Waals surface area contributed by atoms with Crippen LogP contribution in [0.5, 0.6) is 5.75 Å². The molecule has 0 aromatic heterocycles. The Hall–Kier alpha value is -2.00. The van der Waals surface area contributed by atoms with E-state index in [0.29, 0.717) is 0 Å². The predicted molar refractivity (Wildman–Crippen MR) is 65.4 cm³/mol. The van der Waals surface area contributed by atoms with E-state index in [1.807, 2.05) is 6.07 Å². The number of hydrogen-bond acceptors (Lipinski definition) is 3. The lowest BCUT2D eigenvalue weighted by Gasteiger charge is -2.21. The molecule has 0 heterocycles. The average molecular weight is 228 g/mol. The van der Waals surface area contributed by atoms with Gasteiger partial charge in [-0.25, -0.2) is 0 Å². The summed E-state index contributed by atoms with van der Waals surface area (Å²) in [5.41, 5.74) is 0.0783. The fourth-order valence-electron chi connectivity index (χ4n) is 1.46. The van der Waals surface area contributed by atoms with Gasteiger partial charge < -0.3 is 5.11 Å². The van der Waals surface area contributed by atoms with Crippen molar-refractivity contribution < 1.29 is 5.11 Å². The van der Waals surface area contributed by atoms with E-state index in [2.05, 4.69) is 12.1 Å². The first-order valence-corrected chi connectivity index (χ1v) is 5.40. The molecule has 0 bridgehead atoms. The third-order valence-electron chi connectivity index (χ3n) is 2.92. The van der Waals surface area contributed by atoms with Crippen LogP contribution in [0.4, 0.5) is 0 Å². The monoisotopic (exact) mass is 228 g/mol. The van der Waals surface area contributed by atoms with Crippen molar-refractivity contribution in [2.45, 2.75) is 38.5 Å². The first kappa shape index (κ1) is 13.1. The molecule has 1 rings (SSSR count). The molecule has 17 heavy (non-hydrogen) atoms. The van der Waals surface area contributed by atoms with Crippen LogP contribution in [0, 0.1) is 22.7 Å². The molecule has 0 saturated carbocycles. The van der Waals surface area contributed by atoms with Gasteiger partial charge in [0, 0.05) is 0 Å². The van der Waals surface area contributed by atoms with Gasteiger partial charge in [0.1, 0.15) is 5.75 Å². The third-order valence-corrected chi connectivity index (χ3v) is 2.92. The van der Waals surface area contributed by atoms with Gasteiger partial charge in [0.05, 0.1) is 23.0 Å². The minimum absolute atomic E-state index is 0.0872. The third kappa shape index (κ3) is 2.57. The van der Waals surface area contributed by atoms with Crippen molar-refractivity contribution in [3.05, 3.63) is 29.3 Å². The molecule has 0 fully saturated rings. The van der Waals surface area contributed by atoms with Crippen LogP contribution < -0.4 is 0 Å². The number of phenols is 1. The molecule has 0 radical (unpaired) electrons. The molecule has 0 spiro atoms. The minimum atomic E-state index is -0.682. The molecular weight excluding hydrogens is 212 g/mol. The topological polar surface area (TPSA) is 67.8 Å². The Morgan fingerprint density at radius 3 is 1.53 bits per heavy atom. The minimum Gasteiger partial charge on any atom is -0.508 e. The van der Waals surface area contributed by atoms with E-state index in [1.165, 1.54) is 0 Å². The van der Waals surface area contributed by atoms with Gasteiger partial charge in [-0.3, -0.25) is 0 Å². The first-order chi connectivity index (χ1) is 7.73. The predicted octanol–water partition coefficient (Wildman–Crippen LogP) is 2.99.